The highest BCUT2D eigenvalue weighted by atomic mass is 16.1. The van der Waals surface area contributed by atoms with E-state index in [2.05, 4.69) is 60.7 Å². The van der Waals surface area contributed by atoms with Crippen molar-refractivity contribution in [1.29, 1.82) is 0 Å². The average Bonchev–Trinajstić information content (AvgIpc) is 2.58. The van der Waals surface area contributed by atoms with E-state index in [1.807, 2.05) is 6.08 Å². The molecule has 1 N–H and O–H groups in total. The lowest BCUT2D eigenvalue weighted by molar-refractivity contribution is -0.123. The Morgan fingerprint density at radius 1 is 0.913 bits per heavy atom. The van der Waals surface area contributed by atoms with Crippen LogP contribution in [0.3, 0.4) is 0 Å². The highest BCUT2D eigenvalue weighted by Gasteiger charge is 2.32. The van der Waals surface area contributed by atoms with Crippen molar-refractivity contribution in [3.63, 3.8) is 0 Å². The quantitative estimate of drug-likeness (QED) is 0.429. The van der Waals surface area contributed by atoms with E-state index in [1.165, 1.54) is 6.42 Å². The number of rotatable bonds is 12. The fourth-order valence-corrected chi connectivity index (χ4v) is 2.87. The van der Waals surface area contributed by atoms with Gasteiger partial charge in [0.15, 0.2) is 5.78 Å². The van der Waals surface area contributed by atoms with Gasteiger partial charge in [0.05, 0.1) is 0 Å². The lowest BCUT2D eigenvalue weighted by atomic mass is 9.76. The van der Waals surface area contributed by atoms with E-state index >= 15 is 0 Å². The first-order valence-corrected chi connectivity index (χ1v) is 9.79. The zero-order chi connectivity index (χ0) is 18.1. The maximum atomic E-state index is 12.9. The van der Waals surface area contributed by atoms with Crippen LogP contribution in [-0.2, 0) is 4.79 Å². The predicted octanol–water partition coefficient (Wildman–Crippen LogP) is 6.26. The van der Waals surface area contributed by atoms with E-state index in [9.17, 15) is 4.79 Å². The van der Waals surface area contributed by atoms with E-state index in [4.69, 9.17) is 0 Å². The standard InChI is InChI=1S/C21H41NO/c1-9-15-17(10-2)22-18(20(7,11-3)12-4)16-19(23)21(8,13-5)14-6/h16-17,22H,9-15H2,1-8H3. The van der Waals surface area contributed by atoms with Crippen molar-refractivity contribution in [3.8, 4) is 0 Å². The summed E-state index contributed by atoms with van der Waals surface area (Å²) in [6, 6.07) is 0.464. The minimum absolute atomic E-state index is 0.0548. The number of allylic oxidation sites excluding steroid dienone is 2. The molecule has 0 saturated heterocycles. The predicted molar refractivity (Wildman–Crippen MR) is 103 cm³/mol. The van der Waals surface area contributed by atoms with Gasteiger partial charge in [-0.25, -0.2) is 0 Å². The van der Waals surface area contributed by atoms with E-state index in [-0.39, 0.29) is 16.6 Å². The number of nitrogens with one attached hydrogen (secondary N) is 1. The van der Waals surface area contributed by atoms with Gasteiger partial charge >= 0.3 is 0 Å². The third-order valence-electron chi connectivity index (χ3n) is 6.13. The van der Waals surface area contributed by atoms with Crippen molar-refractivity contribution < 1.29 is 4.79 Å². The van der Waals surface area contributed by atoms with Gasteiger partial charge in [0.1, 0.15) is 0 Å². The monoisotopic (exact) mass is 323 g/mol. The van der Waals surface area contributed by atoms with Crippen LogP contribution < -0.4 is 5.32 Å². The Morgan fingerprint density at radius 2 is 1.39 bits per heavy atom. The molecule has 23 heavy (non-hydrogen) atoms. The molecule has 0 aliphatic rings. The Morgan fingerprint density at radius 3 is 1.74 bits per heavy atom. The molecule has 0 saturated carbocycles. The summed E-state index contributed by atoms with van der Waals surface area (Å²) in [4.78, 5) is 12.9. The molecule has 1 unspecified atom stereocenters. The summed E-state index contributed by atoms with van der Waals surface area (Å²) in [5.74, 6) is 0.282. The fraction of sp³-hybridized carbons (Fsp3) is 0.857. The van der Waals surface area contributed by atoms with E-state index in [0.717, 1.165) is 44.2 Å². The Hall–Kier alpha value is -0.790. The molecule has 2 heteroatoms. The second-order valence-electron chi connectivity index (χ2n) is 7.50. The fourth-order valence-electron chi connectivity index (χ4n) is 2.87. The molecular formula is C21H41NO. The van der Waals surface area contributed by atoms with Gasteiger partial charge < -0.3 is 5.32 Å². The highest BCUT2D eigenvalue weighted by molar-refractivity contribution is 5.95. The second kappa shape index (κ2) is 10.2. The maximum absolute atomic E-state index is 12.9. The molecule has 0 aromatic heterocycles. The molecule has 136 valence electrons. The molecule has 2 nitrogen and oxygen atoms in total. The van der Waals surface area contributed by atoms with Crippen LogP contribution in [0.2, 0.25) is 0 Å². The summed E-state index contributed by atoms with van der Waals surface area (Å²) in [6.07, 6.45) is 9.26. The van der Waals surface area contributed by atoms with Gasteiger partial charge in [-0.3, -0.25) is 4.79 Å². The zero-order valence-electron chi connectivity index (χ0n) is 17.0. The Balaban J connectivity index is 5.67. The number of hydrogen-bond acceptors (Lipinski definition) is 2. The van der Waals surface area contributed by atoms with Gasteiger partial charge in [-0.2, -0.15) is 0 Å². The third-order valence-corrected chi connectivity index (χ3v) is 6.13. The summed E-state index contributed by atoms with van der Waals surface area (Å²) < 4.78 is 0. The van der Waals surface area contributed by atoms with E-state index in [0.29, 0.717) is 6.04 Å². The van der Waals surface area contributed by atoms with Crippen LogP contribution in [0.25, 0.3) is 0 Å². The molecule has 1 atom stereocenters. The molecule has 0 aliphatic carbocycles. The average molecular weight is 324 g/mol. The zero-order valence-corrected chi connectivity index (χ0v) is 17.0. The topological polar surface area (TPSA) is 29.1 Å². The highest BCUT2D eigenvalue weighted by Crippen LogP contribution is 2.35. The van der Waals surface area contributed by atoms with Crippen molar-refractivity contribution in [2.45, 2.75) is 106 Å². The molecule has 0 fully saturated rings. The van der Waals surface area contributed by atoms with Crippen molar-refractivity contribution in [3.05, 3.63) is 11.8 Å². The largest absolute Gasteiger partial charge is 0.385 e. The van der Waals surface area contributed by atoms with Gasteiger partial charge in [-0.15, -0.1) is 0 Å². The molecule has 0 aromatic carbocycles. The summed E-state index contributed by atoms with van der Waals surface area (Å²) in [5.41, 5.74) is 0.974. The first-order chi connectivity index (χ1) is 10.8. The van der Waals surface area contributed by atoms with Gasteiger partial charge in [-0.05, 0) is 38.5 Å². The minimum atomic E-state index is -0.234. The first-order valence-electron chi connectivity index (χ1n) is 9.79. The second-order valence-corrected chi connectivity index (χ2v) is 7.50. The minimum Gasteiger partial charge on any atom is -0.385 e. The first kappa shape index (κ1) is 22.2. The molecule has 0 heterocycles. The summed E-state index contributed by atoms with van der Waals surface area (Å²) in [6.45, 7) is 17.5. The number of ketones is 1. The Labute approximate surface area is 145 Å². The molecule has 0 amide bonds. The summed E-state index contributed by atoms with van der Waals surface area (Å²) >= 11 is 0. The molecule has 0 radical (unpaired) electrons. The number of carbonyl (C=O) groups is 1. The van der Waals surface area contributed by atoms with Gasteiger partial charge in [0, 0.05) is 28.6 Å². The lowest BCUT2D eigenvalue weighted by Crippen LogP contribution is -2.37. The summed E-state index contributed by atoms with van der Waals surface area (Å²) in [5, 5.41) is 3.74. The molecule has 0 aliphatic heterocycles. The van der Waals surface area contributed by atoms with Crippen LogP contribution in [-0.4, -0.2) is 11.8 Å². The normalized spacial score (nSPS) is 14.7. The van der Waals surface area contributed by atoms with E-state index in [1.54, 1.807) is 0 Å². The van der Waals surface area contributed by atoms with Gasteiger partial charge in [0.2, 0.25) is 0 Å². The lowest BCUT2D eigenvalue weighted by Gasteiger charge is -2.35. The third kappa shape index (κ3) is 5.97. The number of carbonyl (C=O) groups excluding carboxylic acids is 1. The van der Waals surface area contributed by atoms with Crippen molar-refractivity contribution in [2.75, 3.05) is 0 Å². The van der Waals surface area contributed by atoms with Crippen molar-refractivity contribution in [2.24, 2.45) is 10.8 Å². The maximum Gasteiger partial charge on any atom is 0.163 e. The molecular weight excluding hydrogens is 282 g/mol. The van der Waals surface area contributed by atoms with Crippen LogP contribution >= 0.6 is 0 Å². The van der Waals surface area contributed by atoms with Crippen molar-refractivity contribution in [1.82, 2.24) is 5.32 Å². The van der Waals surface area contributed by atoms with Gasteiger partial charge in [0.25, 0.3) is 0 Å². The summed E-state index contributed by atoms with van der Waals surface area (Å²) in [7, 11) is 0. The SMILES string of the molecule is CCCC(CC)NC(=CC(=O)C(C)(CC)CC)C(C)(CC)CC. The smallest absolute Gasteiger partial charge is 0.163 e. The van der Waals surface area contributed by atoms with Gasteiger partial charge in [-0.1, -0.05) is 61.8 Å². The molecule has 0 aromatic rings. The van der Waals surface area contributed by atoms with Crippen LogP contribution in [0.5, 0.6) is 0 Å². The van der Waals surface area contributed by atoms with Crippen LogP contribution in [0.15, 0.2) is 11.8 Å². The van der Waals surface area contributed by atoms with Crippen molar-refractivity contribution >= 4 is 5.78 Å². The Kier molecular flexibility index (Phi) is 9.80. The number of hydrogen-bond donors (Lipinski definition) is 1. The molecule has 0 spiro atoms. The van der Waals surface area contributed by atoms with E-state index < -0.39 is 0 Å². The van der Waals surface area contributed by atoms with Crippen LogP contribution in [0.1, 0.15) is 100 Å². The van der Waals surface area contributed by atoms with Crippen LogP contribution in [0, 0.1) is 10.8 Å². The Bertz CT molecular complexity index is 375. The van der Waals surface area contributed by atoms with Crippen LogP contribution in [0.4, 0.5) is 0 Å². The molecule has 0 bridgehead atoms. The molecule has 0 rings (SSSR count).